The van der Waals surface area contributed by atoms with Gasteiger partial charge in [-0.15, -0.1) is 24.8 Å². The Morgan fingerprint density at radius 2 is 1.94 bits per heavy atom. The first-order valence-electron chi connectivity index (χ1n) is 11.1. The molecule has 0 bridgehead atoms. The number of likely N-dealkylation sites (tertiary alicyclic amines) is 1. The number of halogens is 2. The van der Waals surface area contributed by atoms with E-state index in [1.54, 1.807) is 0 Å². The maximum atomic E-state index is 12.5. The van der Waals surface area contributed by atoms with Crippen molar-refractivity contribution in [1.82, 2.24) is 20.1 Å². The fourth-order valence-electron chi connectivity index (χ4n) is 4.97. The molecule has 3 aromatic rings. The molecule has 8 heteroatoms. The fourth-order valence-corrected chi connectivity index (χ4v) is 4.97. The number of nitrogens with one attached hydrogen (secondary N) is 2. The third-order valence-corrected chi connectivity index (χ3v) is 6.31. The van der Waals surface area contributed by atoms with Crippen LogP contribution < -0.4 is 5.32 Å². The number of aliphatic hydroxyl groups is 1. The van der Waals surface area contributed by atoms with Crippen molar-refractivity contribution >= 4 is 41.6 Å². The molecule has 1 saturated heterocycles. The van der Waals surface area contributed by atoms with Gasteiger partial charge in [0.15, 0.2) is 0 Å². The van der Waals surface area contributed by atoms with Crippen molar-refractivity contribution in [2.75, 3.05) is 27.2 Å². The van der Waals surface area contributed by atoms with Crippen molar-refractivity contribution in [2.24, 2.45) is 0 Å². The van der Waals surface area contributed by atoms with Gasteiger partial charge in [0.1, 0.15) is 0 Å². The van der Waals surface area contributed by atoms with Gasteiger partial charge in [-0.05, 0) is 74.4 Å². The molecule has 6 nitrogen and oxygen atoms in total. The molecule has 0 aliphatic carbocycles. The van der Waals surface area contributed by atoms with Crippen molar-refractivity contribution in [2.45, 2.75) is 38.6 Å². The molecule has 3 N–H and O–H groups in total. The Balaban J connectivity index is 0.00000153. The van der Waals surface area contributed by atoms with Crippen LogP contribution >= 0.6 is 24.8 Å². The molecule has 3 heterocycles. The lowest BCUT2D eigenvalue weighted by Crippen LogP contribution is -2.37. The zero-order chi connectivity index (χ0) is 21.5. The van der Waals surface area contributed by atoms with E-state index in [4.69, 9.17) is 0 Å². The van der Waals surface area contributed by atoms with E-state index in [1.165, 1.54) is 11.1 Å². The summed E-state index contributed by atoms with van der Waals surface area (Å²) < 4.78 is 0. The van der Waals surface area contributed by atoms with Crippen LogP contribution in [-0.4, -0.2) is 59.1 Å². The van der Waals surface area contributed by atoms with Crippen LogP contribution in [0.3, 0.4) is 0 Å². The molecule has 1 aromatic heterocycles. The second kappa shape index (κ2) is 10.5. The minimum absolute atomic E-state index is 0. The number of benzene rings is 2. The number of carbonyl (C=O) groups is 1. The smallest absolute Gasteiger partial charge is 0.252 e. The maximum absolute atomic E-state index is 12.5. The van der Waals surface area contributed by atoms with Gasteiger partial charge in [0.25, 0.3) is 5.91 Å². The number of carbonyl (C=O) groups excluding carboxylic acids is 1. The van der Waals surface area contributed by atoms with Crippen LogP contribution in [-0.2, 0) is 19.6 Å². The number of fused-ring (bicyclic) bond motifs is 2. The summed E-state index contributed by atoms with van der Waals surface area (Å²) >= 11 is 0. The Bertz CT molecular complexity index is 1140. The van der Waals surface area contributed by atoms with Crippen molar-refractivity contribution in [3.63, 3.8) is 0 Å². The van der Waals surface area contributed by atoms with Crippen LogP contribution in [0.4, 0.5) is 0 Å². The molecular weight excluding hydrogens is 459 g/mol. The lowest BCUT2D eigenvalue weighted by atomic mass is 9.96. The van der Waals surface area contributed by atoms with E-state index < -0.39 is 0 Å². The van der Waals surface area contributed by atoms with Gasteiger partial charge in [-0.2, -0.15) is 0 Å². The van der Waals surface area contributed by atoms with Crippen molar-refractivity contribution in [3.8, 4) is 11.3 Å². The largest absolute Gasteiger partial charge is 0.392 e. The first-order chi connectivity index (χ1) is 15.0. The fraction of sp³-hybridized carbons (Fsp3) is 0.400. The lowest BCUT2D eigenvalue weighted by molar-refractivity contribution is 0.0668. The zero-order valence-electron chi connectivity index (χ0n) is 19.1. The molecule has 0 radical (unpaired) electrons. The summed E-state index contributed by atoms with van der Waals surface area (Å²) in [5.74, 6) is 0.00408. The molecule has 0 spiro atoms. The molecule has 2 aliphatic rings. The summed E-state index contributed by atoms with van der Waals surface area (Å²) in [7, 11) is 4.12. The molecule has 33 heavy (non-hydrogen) atoms. The number of piperidine rings is 1. The SMILES string of the molecule is CN(C)Cc1cc2c(c(-c3cc4cc(CN5CCCC(O)C5)ccc4[nH]3)c1)C(=O)NC2.Cl.Cl. The summed E-state index contributed by atoms with van der Waals surface area (Å²) in [6, 6.07) is 12.9. The Kier molecular flexibility index (Phi) is 8.08. The monoisotopic (exact) mass is 490 g/mol. The van der Waals surface area contributed by atoms with Gasteiger partial charge in [-0.1, -0.05) is 12.1 Å². The molecule has 1 fully saturated rings. The number of amides is 1. The number of H-pyrrole nitrogens is 1. The van der Waals surface area contributed by atoms with Gasteiger partial charge in [-0.3, -0.25) is 9.69 Å². The van der Waals surface area contributed by atoms with E-state index in [0.717, 1.165) is 72.3 Å². The summed E-state index contributed by atoms with van der Waals surface area (Å²) in [5, 5.41) is 14.1. The number of rotatable bonds is 5. The number of β-amino-alcohol motifs (C(OH)–C–C–N with tert-alkyl or cyclic N) is 1. The number of aromatic nitrogens is 1. The molecule has 1 atom stereocenters. The topological polar surface area (TPSA) is 71.6 Å². The Morgan fingerprint density at radius 1 is 1.12 bits per heavy atom. The highest BCUT2D eigenvalue weighted by Crippen LogP contribution is 2.33. The Morgan fingerprint density at radius 3 is 2.70 bits per heavy atom. The van der Waals surface area contributed by atoms with Crippen molar-refractivity contribution in [1.29, 1.82) is 0 Å². The van der Waals surface area contributed by atoms with Crippen molar-refractivity contribution < 1.29 is 9.90 Å². The highest BCUT2D eigenvalue weighted by Gasteiger charge is 2.25. The van der Waals surface area contributed by atoms with Gasteiger partial charge < -0.3 is 20.3 Å². The first-order valence-corrected chi connectivity index (χ1v) is 11.1. The molecule has 5 rings (SSSR count). The average Bonchev–Trinajstić information content (AvgIpc) is 3.30. The third kappa shape index (κ3) is 5.36. The summed E-state index contributed by atoms with van der Waals surface area (Å²) in [4.78, 5) is 20.6. The Labute approximate surface area is 207 Å². The van der Waals surface area contributed by atoms with Gasteiger partial charge in [0, 0.05) is 48.3 Å². The summed E-state index contributed by atoms with van der Waals surface area (Å²) in [6.45, 7) is 4.06. The van der Waals surface area contributed by atoms with E-state index in [1.807, 2.05) is 0 Å². The molecule has 2 aliphatic heterocycles. The number of aliphatic hydroxyl groups excluding tert-OH is 1. The Hall–Kier alpha value is -2.09. The van der Waals surface area contributed by atoms with E-state index in [-0.39, 0.29) is 36.8 Å². The van der Waals surface area contributed by atoms with Crippen LogP contribution in [0, 0.1) is 0 Å². The minimum Gasteiger partial charge on any atom is -0.392 e. The second-order valence-corrected chi connectivity index (χ2v) is 9.23. The quantitative estimate of drug-likeness (QED) is 0.506. The normalized spacial score (nSPS) is 18.1. The van der Waals surface area contributed by atoms with Crippen LogP contribution in [0.25, 0.3) is 22.2 Å². The van der Waals surface area contributed by atoms with Crippen molar-refractivity contribution in [3.05, 3.63) is 58.7 Å². The molecule has 1 amide bonds. The van der Waals surface area contributed by atoms with E-state index >= 15 is 0 Å². The second-order valence-electron chi connectivity index (χ2n) is 9.23. The summed E-state index contributed by atoms with van der Waals surface area (Å²) in [6.07, 6.45) is 1.74. The highest BCUT2D eigenvalue weighted by molar-refractivity contribution is 6.05. The van der Waals surface area contributed by atoms with Crippen LogP contribution in [0.15, 0.2) is 36.4 Å². The first kappa shape index (κ1) is 25.5. The predicted octanol–water partition coefficient (Wildman–Crippen LogP) is 3.94. The number of nitrogens with zero attached hydrogens (tertiary/aromatic N) is 2. The molecule has 178 valence electrons. The minimum atomic E-state index is -0.209. The molecular formula is C25H32Cl2N4O2. The van der Waals surface area contributed by atoms with Crippen LogP contribution in [0.5, 0.6) is 0 Å². The predicted molar refractivity (Wildman–Crippen MR) is 137 cm³/mol. The van der Waals surface area contributed by atoms with Gasteiger partial charge in [-0.25, -0.2) is 0 Å². The van der Waals surface area contributed by atoms with Crippen LogP contribution in [0.2, 0.25) is 0 Å². The molecule has 0 saturated carbocycles. The number of hydrogen-bond acceptors (Lipinski definition) is 4. The van der Waals surface area contributed by atoms with Gasteiger partial charge in [0.2, 0.25) is 0 Å². The van der Waals surface area contributed by atoms with Gasteiger partial charge >= 0.3 is 0 Å². The maximum Gasteiger partial charge on any atom is 0.252 e. The molecule has 1 unspecified atom stereocenters. The van der Waals surface area contributed by atoms with E-state index in [9.17, 15) is 9.90 Å². The van der Waals surface area contributed by atoms with E-state index in [0.29, 0.717) is 6.54 Å². The standard InChI is InChI=1S/C25H30N4O2.2ClH/c1-28(2)13-17-9-19-12-26-25(31)24(19)21(10-17)23-11-18-8-16(5-6-22(18)27-23)14-29-7-3-4-20(30)15-29;;/h5-6,8-11,20,27,30H,3-4,7,12-15H2,1-2H3,(H,26,31);2*1H. The third-order valence-electron chi connectivity index (χ3n) is 6.31. The average molecular weight is 491 g/mol. The number of aromatic amines is 1. The number of hydrogen-bond donors (Lipinski definition) is 3. The van der Waals surface area contributed by atoms with Gasteiger partial charge in [0.05, 0.1) is 11.7 Å². The van der Waals surface area contributed by atoms with Crippen LogP contribution in [0.1, 0.15) is 39.9 Å². The highest BCUT2D eigenvalue weighted by atomic mass is 35.5. The summed E-state index contributed by atoms with van der Waals surface area (Å²) in [5.41, 5.74) is 7.34. The zero-order valence-corrected chi connectivity index (χ0v) is 20.7. The molecule has 2 aromatic carbocycles. The van der Waals surface area contributed by atoms with E-state index in [2.05, 4.69) is 70.6 Å². The lowest BCUT2D eigenvalue weighted by Gasteiger charge is -2.29.